The molecule has 3 rings (SSSR count). The van der Waals surface area contributed by atoms with Crippen molar-refractivity contribution in [2.45, 2.75) is 19.9 Å². The van der Waals surface area contributed by atoms with E-state index in [4.69, 9.17) is 11.2 Å². The van der Waals surface area contributed by atoms with E-state index in [0.717, 1.165) is 22.5 Å². The van der Waals surface area contributed by atoms with Gasteiger partial charge < -0.3 is 9.64 Å². The van der Waals surface area contributed by atoms with E-state index in [9.17, 15) is 4.79 Å². The lowest BCUT2D eigenvalue weighted by molar-refractivity contribution is -0.128. The van der Waals surface area contributed by atoms with Crippen molar-refractivity contribution in [3.05, 3.63) is 52.2 Å². The van der Waals surface area contributed by atoms with Crippen LogP contribution in [0.5, 0.6) is 0 Å². The van der Waals surface area contributed by atoms with Crippen LogP contribution in [0.2, 0.25) is 0 Å². The average Bonchev–Trinajstić information content (AvgIpc) is 3.13. The number of anilines is 1. The van der Waals surface area contributed by atoms with Gasteiger partial charge in [0.15, 0.2) is 0 Å². The lowest BCUT2D eigenvalue weighted by atomic mass is 9.88. The molecule has 24 heavy (non-hydrogen) atoms. The number of ether oxygens (including phenoxy) is 1. The van der Waals surface area contributed by atoms with E-state index < -0.39 is 0 Å². The van der Waals surface area contributed by atoms with Crippen LogP contribution in [0.4, 0.5) is 5.69 Å². The Hall–Kier alpha value is -2.09. The molecule has 1 saturated heterocycles. The summed E-state index contributed by atoms with van der Waals surface area (Å²) < 4.78 is 5.49. The lowest BCUT2D eigenvalue weighted by Crippen LogP contribution is -2.41. The number of terminal acetylenes is 1. The van der Waals surface area contributed by atoms with Gasteiger partial charge in [-0.25, -0.2) is 0 Å². The molecule has 1 aromatic heterocycles. The highest BCUT2D eigenvalue weighted by molar-refractivity contribution is 7.09. The molecule has 0 bridgehead atoms. The Morgan fingerprint density at radius 3 is 3.00 bits per heavy atom. The molecule has 1 aliphatic heterocycles. The van der Waals surface area contributed by atoms with E-state index in [1.54, 1.807) is 11.3 Å². The Kier molecular flexibility index (Phi) is 5.34. The Morgan fingerprint density at radius 2 is 2.29 bits per heavy atom. The molecule has 0 N–H and O–H groups in total. The second kappa shape index (κ2) is 7.65. The Balaban J connectivity index is 1.91. The first-order chi connectivity index (χ1) is 11.7. The van der Waals surface area contributed by atoms with Gasteiger partial charge >= 0.3 is 0 Å². The smallest absolute Gasteiger partial charge is 0.230 e. The topological polar surface area (TPSA) is 29.5 Å². The zero-order valence-corrected chi connectivity index (χ0v) is 14.6. The summed E-state index contributed by atoms with van der Waals surface area (Å²) in [7, 11) is 0. The van der Waals surface area contributed by atoms with Crippen LogP contribution in [-0.2, 0) is 16.1 Å². The van der Waals surface area contributed by atoms with Crippen LogP contribution in [0, 0.1) is 24.2 Å². The molecule has 0 radical (unpaired) electrons. The van der Waals surface area contributed by atoms with Gasteiger partial charge in [-0.1, -0.05) is 25.0 Å². The fourth-order valence-electron chi connectivity index (χ4n) is 3.07. The third-order valence-electron chi connectivity index (χ3n) is 4.44. The summed E-state index contributed by atoms with van der Waals surface area (Å²) in [6.07, 6.45) is 6.30. The van der Waals surface area contributed by atoms with E-state index >= 15 is 0 Å². The van der Waals surface area contributed by atoms with Gasteiger partial charge in [-0.15, -0.1) is 17.8 Å². The van der Waals surface area contributed by atoms with Gasteiger partial charge in [-0.2, -0.15) is 0 Å². The molecule has 0 aliphatic carbocycles. The van der Waals surface area contributed by atoms with Crippen molar-refractivity contribution in [3.8, 4) is 12.3 Å². The summed E-state index contributed by atoms with van der Waals surface area (Å²) in [6, 6.07) is 11.7. The number of nitrogens with zero attached hydrogens (tertiary/aromatic N) is 1. The van der Waals surface area contributed by atoms with E-state index in [-0.39, 0.29) is 17.7 Å². The highest BCUT2D eigenvalue weighted by atomic mass is 32.1. The second-order valence-corrected chi connectivity index (χ2v) is 7.18. The van der Waals surface area contributed by atoms with Crippen molar-refractivity contribution >= 4 is 22.9 Å². The predicted molar refractivity (Wildman–Crippen MR) is 98.0 cm³/mol. The maximum Gasteiger partial charge on any atom is 0.230 e. The fourth-order valence-corrected chi connectivity index (χ4v) is 3.76. The lowest BCUT2D eigenvalue weighted by Gasteiger charge is -2.33. The first-order valence-corrected chi connectivity index (χ1v) is 9.05. The molecule has 1 amide bonds. The summed E-state index contributed by atoms with van der Waals surface area (Å²) in [5, 5.41) is 2.03. The number of benzene rings is 1. The zero-order valence-electron chi connectivity index (χ0n) is 13.8. The molecule has 2 heterocycles. The SMILES string of the molecule is C#Cc1cccc(N(Cc2cccs2)C(=O)[C@H]2CCOC[C@@H]2C)c1. The van der Waals surface area contributed by atoms with Crippen LogP contribution in [0.15, 0.2) is 41.8 Å². The molecule has 2 aromatic rings. The largest absolute Gasteiger partial charge is 0.381 e. The van der Waals surface area contributed by atoms with Crippen LogP contribution < -0.4 is 4.90 Å². The third kappa shape index (κ3) is 3.69. The number of hydrogen-bond donors (Lipinski definition) is 0. The van der Waals surface area contributed by atoms with Crippen LogP contribution in [0.1, 0.15) is 23.8 Å². The van der Waals surface area contributed by atoms with Gasteiger partial charge in [0, 0.05) is 35.3 Å². The van der Waals surface area contributed by atoms with Crippen LogP contribution in [-0.4, -0.2) is 19.1 Å². The van der Waals surface area contributed by atoms with Crippen molar-refractivity contribution in [2.24, 2.45) is 11.8 Å². The number of hydrogen-bond acceptors (Lipinski definition) is 3. The summed E-state index contributed by atoms with van der Waals surface area (Å²) in [6.45, 7) is 3.96. The minimum Gasteiger partial charge on any atom is -0.381 e. The van der Waals surface area contributed by atoms with Crippen LogP contribution in [0.25, 0.3) is 0 Å². The third-order valence-corrected chi connectivity index (χ3v) is 5.30. The summed E-state index contributed by atoms with van der Waals surface area (Å²) >= 11 is 1.66. The van der Waals surface area contributed by atoms with Crippen molar-refractivity contribution in [3.63, 3.8) is 0 Å². The van der Waals surface area contributed by atoms with Gasteiger partial charge in [-0.3, -0.25) is 4.79 Å². The standard InChI is InChI=1S/C20H21NO2S/c1-3-16-6-4-7-17(12-16)21(13-18-8-5-11-24-18)20(22)19-9-10-23-14-15(19)2/h1,4-8,11-12,15,19H,9-10,13-14H2,2H3/t15-,19-/m0/s1. The average molecular weight is 339 g/mol. The number of rotatable bonds is 4. The quantitative estimate of drug-likeness (QED) is 0.790. The normalized spacial score (nSPS) is 20.3. The van der Waals surface area contributed by atoms with Crippen molar-refractivity contribution in [1.82, 2.24) is 0 Å². The molecule has 0 saturated carbocycles. The molecular weight excluding hydrogens is 318 g/mol. The molecule has 1 aliphatic rings. The Bertz CT molecular complexity index is 732. The van der Waals surface area contributed by atoms with Gasteiger partial charge in [0.1, 0.15) is 0 Å². The molecule has 0 spiro atoms. The van der Waals surface area contributed by atoms with E-state index in [0.29, 0.717) is 19.8 Å². The number of amides is 1. The molecular formula is C20H21NO2S. The first-order valence-electron chi connectivity index (χ1n) is 8.17. The fraction of sp³-hybridized carbons (Fsp3) is 0.350. The number of carbonyl (C=O) groups excluding carboxylic acids is 1. The predicted octanol–water partition coefficient (Wildman–Crippen LogP) is 3.94. The Morgan fingerprint density at radius 1 is 1.42 bits per heavy atom. The summed E-state index contributed by atoms with van der Waals surface area (Å²) in [5.74, 6) is 3.04. The second-order valence-electron chi connectivity index (χ2n) is 6.15. The van der Waals surface area contributed by atoms with Gasteiger partial charge in [0.2, 0.25) is 5.91 Å². The molecule has 3 nitrogen and oxygen atoms in total. The minimum atomic E-state index is -0.00629. The monoisotopic (exact) mass is 339 g/mol. The maximum atomic E-state index is 13.3. The van der Waals surface area contributed by atoms with Crippen molar-refractivity contribution < 1.29 is 9.53 Å². The van der Waals surface area contributed by atoms with Crippen molar-refractivity contribution in [2.75, 3.05) is 18.1 Å². The minimum absolute atomic E-state index is 0.00629. The number of thiophene rings is 1. The maximum absolute atomic E-state index is 13.3. The van der Waals surface area contributed by atoms with Crippen LogP contribution >= 0.6 is 11.3 Å². The number of carbonyl (C=O) groups is 1. The zero-order chi connectivity index (χ0) is 16.9. The molecule has 2 atom stereocenters. The summed E-state index contributed by atoms with van der Waals surface area (Å²) in [5.41, 5.74) is 1.65. The van der Waals surface area contributed by atoms with Crippen LogP contribution in [0.3, 0.4) is 0 Å². The van der Waals surface area contributed by atoms with Gasteiger partial charge in [-0.05, 0) is 42.0 Å². The molecule has 4 heteroatoms. The highest BCUT2D eigenvalue weighted by Crippen LogP contribution is 2.28. The first kappa shape index (κ1) is 16.8. The highest BCUT2D eigenvalue weighted by Gasteiger charge is 2.32. The van der Waals surface area contributed by atoms with E-state index in [1.165, 1.54) is 0 Å². The van der Waals surface area contributed by atoms with Crippen molar-refractivity contribution in [1.29, 1.82) is 0 Å². The van der Waals surface area contributed by atoms with E-state index in [1.807, 2.05) is 40.6 Å². The molecule has 124 valence electrons. The van der Waals surface area contributed by atoms with E-state index in [2.05, 4.69) is 18.9 Å². The molecule has 1 aromatic carbocycles. The van der Waals surface area contributed by atoms with Gasteiger partial charge in [0.25, 0.3) is 0 Å². The molecule has 0 unspecified atom stereocenters. The Labute approximate surface area is 147 Å². The summed E-state index contributed by atoms with van der Waals surface area (Å²) in [4.78, 5) is 16.3. The molecule has 1 fully saturated rings. The van der Waals surface area contributed by atoms with Gasteiger partial charge in [0.05, 0.1) is 6.54 Å².